The third-order valence-corrected chi connectivity index (χ3v) is 6.91. The number of amides is 1. The number of aromatic nitrogens is 3. The molecule has 184 valence electrons. The molecule has 0 aliphatic heterocycles. The molecule has 0 fully saturated rings. The first-order valence-corrected chi connectivity index (χ1v) is 12.5. The molecule has 0 N–H and O–H groups in total. The first kappa shape index (κ1) is 25.1. The molecular formula is C27H32ClN5O2. The zero-order valence-corrected chi connectivity index (χ0v) is 21.3. The van der Waals surface area contributed by atoms with Gasteiger partial charge in [-0.1, -0.05) is 37.3 Å². The third kappa shape index (κ3) is 5.46. The van der Waals surface area contributed by atoms with Crippen molar-refractivity contribution in [2.45, 2.75) is 44.1 Å². The van der Waals surface area contributed by atoms with Crippen LogP contribution in [0.4, 0.5) is 0 Å². The van der Waals surface area contributed by atoms with Crippen LogP contribution in [0, 0.1) is 0 Å². The highest BCUT2D eigenvalue weighted by molar-refractivity contribution is 6.21. The fourth-order valence-corrected chi connectivity index (χ4v) is 4.90. The van der Waals surface area contributed by atoms with E-state index in [1.165, 1.54) is 0 Å². The summed E-state index contributed by atoms with van der Waals surface area (Å²) >= 11 is 6.58. The van der Waals surface area contributed by atoms with Crippen molar-refractivity contribution in [2.24, 2.45) is 0 Å². The van der Waals surface area contributed by atoms with Gasteiger partial charge in [-0.05, 0) is 51.1 Å². The van der Waals surface area contributed by atoms with Crippen LogP contribution in [0.1, 0.15) is 64.2 Å². The van der Waals surface area contributed by atoms with Gasteiger partial charge in [-0.15, -0.1) is 11.6 Å². The predicted octanol–water partition coefficient (Wildman–Crippen LogP) is 4.07. The zero-order chi connectivity index (χ0) is 24.9. The molecule has 1 aliphatic carbocycles. The summed E-state index contributed by atoms with van der Waals surface area (Å²) in [5, 5.41) is -0.286. The highest BCUT2D eigenvalue weighted by atomic mass is 35.5. The lowest BCUT2D eigenvalue weighted by Crippen LogP contribution is -2.42. The molecule has 3 aromatic rings. The van der Waals surface area contributed by atoms with Gasteiger partial charge in [-0.25, -0.2) is 4.98 Å². The molecular weight excluding hydrogens is 462 g/mol. The molecule has 2 unspecified atom stereocenters. The Balaban J connectivity index is 1.84. The predicted molar refractivity (Wildman–Crippen MR) is 138 cm³/mol. The summed E-state index contributed by atoms with van der Waals surface area (Å²) in [5.74, 6) is 0.485. The van der Waals surface area contributed by atoms with Crippen LogP contribution in [0.3, 0.4) is 0 Å². The SMILES string of the molecule is CCC(c1nc2c(c(=O)n1Cc1ccccc1)CCC2Cl)N(CCN(C)C)C(=O)c1ccncc1. The molecule has 2 atom stereocenters. The summed E-state index contributed by atoms with van der Waals surface area (Å²) in [6, 6.07) is 12.9. The second-order valence-corrected chi connectivity index (χ2v) is 9.71. The van der Waals surface area contributed by atoms with Crippen LogP contribution in [0.25, 0.3) is 0 Å². The van der Waals surface area contributed by atoms with E-state index in [4.69, 9.17) is 16.6 Å². The van der Waals surface area contributed by atoms with E-state index in [1.807, 2.05) is 61.2 Å². The van der Waals surface area contributed by atoms with E-state index in [-0.39, 0.29) is 22.9 Å². The summed E-state index contributed by atoms with van der Waals surface area (Å²) < 4.78 is 1.75. The standard InChI is InChI=1S/C27H32ClN5O2/c1-4-23(32(17-16-31(2)3)26(34)20-12-14-29-15-13-20)25-30-24-21(10-11-22(24)28)27(35)33(25)18-19-8-6-5-7-9-19/h5-9,12-15,22-23H,4,10-11,16-18H2,1-3H3. The van der Waals surface area contributed by atoms with Gasteiger partial charge in [0.25, 0.3) is 11.5 Å². The normalized spacial score (nSPS) is 15.7. The number of likely N-dealkylation sites (N-methyl/N-ethyl adjacent to an activating group) is 1. The summed E-state index contributed by atoms with van der Waals surface area (Å²) in [6.07, 6.45) is 5.18. The maximum Gasteiger partial charge on any atom is 0.257 e. The van der Waals surface area contributed by atoms with Crippen molar-refractivity contribution in [3.8, 4) is 0 Å². The van der Waals surface area contributed by atoms with Crippen molar-refractivity contribution >= 4 is 17.5 Å². The number of pyridine rings is 1. The number of benzene rings is 1. The van der Waals surface area contributed by atoms with Crippen molar-refractivity contribution in [1.82, 2.24) is 24.3 Å². The Morgan fingerprint density at radius 3 is 2.51 bits per heavy atom. The van der Waals surface area contributed by atoms with Crippen molar-refractivity contribution in [3.63, 3.8) is 0 Å². The van der Waals surface area contributed by atoms with E-state index in [0.717, 1.165) is 5.56 Å². The Hall–Kier alpha value is -3.03. The number of nitrogens with zero attached hydrogens (tertiary/aromatic N) is 5. The minimum absolute atomic E-state index is 0.0561. The Labute approximate surface area is 211 Å². The number of hydrogen-bond donors (Lipinski definition) is 0. The Bertz CT molecular complexity index is 1210. The van der Waals surface area contributed by atoms with E-state index >= 15 is 0 Å². The van der Waals surface area contributed by atoms with Crippen LogP contribution in [0.2, 0.25) is 0 Å². The molecule has 0 spiro atoms. The van der Waals surface area contributed by atoms with Gasteiger partial charge >= 0.3 is 0 Å². The van der Waals surface area contributed by atoms with Crippen molar-refractivity contribution < 1.29 is 4.79 Å². The van der Waals surface area contributed by atoms with Crippen LogP contribution in [-0.4, -0.2) is 57.4 Å². The third-order valence-electron chi connectivity index (χ3n) is 6.49. The van der Waals surface area contributed by atoms with E-state index in [9.17, 15) is 9.59 Å². The van der Waals surface area contributed by atoms with Crippen molar-refractivity contribution in [2.75, 3.05) is 27.2 Å². The number of fused-ring (bicyclic) bond motifs is 1. The highest BCUT2D eigenvalue weighted by Crippen LogP contribution is 2.35. The van der Waals surface area contributed by atoms with Crippen LogP contribution in [0.5, 0.6) is 0 Å². The molecule has 2 aromatic heterocycles. The lowest BCUT2D eigenvalue weighted by atomic mass is 10.1. The van der Waals surface area contributed by atoms with E-state index < -0.39 is 0 Å². The van der Waals surface area contributed by atoms with Crippen LogP contribution in [0.15, 0.2) is 59.7 Å². The monoisotopic (exact) mass is 493 g/mol. The lowest BCUT2D eigenvalue weighted by Gasteiger charge is -2.33. The molecule has 0 saturated heterocycles. The molecule has 7 nitrogen and oxygen atoms in total. The molecule has 0 radical (unpaired) electrons. The van der Waals surface area contributed by atoms with Gasteiger partial charge < -0.3 is 9.80 Å². The topological polar surface area (TPSA) is 71.3 Å². The molecule has 1 amide bonds. The average molecular weight is 494 g/mol. The lowest BCUT2D eigenvalue weighted by molar-refractivity contribution is 0.0641. The second-order valence-electron chi connectivity index (χ2n) is 9.18. The van der Waals surface area contributed by atoms with Gasteiger partial charge in [0, 0.05) is 36.6 Å². The fourth-order valence-electron chi connectivity index (χ4n) is 4.61. The first-order valence-electron chi connectivity index (χ1n) is 12.1. The van der Waals surface area contributed by atoms with E-state index in [1.54, 1.807) is 29.1 Å². The number of rotatable bonds is 9. The largest absolute Gasteiger partial charge is 0.327 e. The molecule has 1 aliphatic rings. The summed E-state index contributed by atoms with van der Waals surface area (Å²) in [7, 11) is 3.96. The van der Waals surface area contributed by atoms with Gasteiger partial charge in [0.1, 0.15) is 5.82 Å². The maximum absolute atomic E-state index is 13.7. The number of carbonyl (C=O) groups is 1. The molecule has 1 aromatic carbocycles. The van der Waals surface area contributed by atoms with Crippen molar-refractivity contribution in [3.05, 3.63) is 93.4 Å². The Morgan fingerprint density at radius 1 is 1.14 bits per heavy atom. The van der Waals surface area contributed by atoms with Gasteiger partial charge in [0.2, 0.25) is 0 Å². The minimum Gasteiger partial charge on any atom is -0.327 e. The molecule has 2 heterocycles. The summed E-state index contributed by atoms with van der Waals surface area (Å²) in [4.78, 5) is 40.4. The maximum atomic E-state index is 13.7. The minimum atomic E-state index is -0.387. The smallest absolute Gasteiger partial charge is 0.257 e. The van der Waals surface area contributed by atoms with Gasteiger partial charge in [0.15, 0.2) is 0 Å². The molecule has 35 heavy (non-hydrogen) atoms. The number of carbonyl (C=O) groups excluding carboxylic acids is 1. The van der Waals surface area contributed by atoms with Crippen LogP contribution in [-0.2, 0) is 13.0 Å². The van der Waals surface area contributed by atoms with E-state index in [2.05, 4.69) is 4.98 Å². The molecule has 8 heteroatoms. The van der Waals surface area contributed by atoms with E-state index in [0.29, 0.717) is 61.5 Å². The van der Waals surface area contributed by atoms with Crippen LogP contribution >= 0.6 is 11.6 Å². The second kappa shape index (κ2) is 11.1. The highest BCUT2D eigenvalue weighted by Gasteiger charge is 2.33. The summed E-state index contributed by atoms with van der Waals surface area (Å²) in [5.41, 5.74) is 2.87. The van der Waals surface area contributed by atoms with Crippen molar-refractivity contribution in [1.29, 1.82) is 0 Å². The zero-order valence-electron chi connectivity index (χ0n) is 20.5. The summed E-state index contributed by atoms with van der Waals surface area (Å²) in [6.45, 7) is 3.59. The van der Waals surface area contributed by atoms with Crippen LogP contribution < -0.4 is 5.56 Å². The molecule has 0 saturated carbocycles. The van der Waals surface area contributed by atoms with Gasteiger partial charge in [-0.3, -0.25) is 19.1 Å². The first-order chi connectivity index (χ1) is 16.9. The molecule has 4 rings (SSSR count). The Morgan fingerprint density at radius 2 is 1.86 bits per heavy atom. The quantitative estimate of drug-likeness (QED) is 0.420. The number of halogens is 1. The number of alkyl halides is 1. The number of hydrogen-bond acceptors (Lipinski definition) is 5. The molecule has 0 bridgehead atoms. The average Bonchev–Trinajstić information content (AvgIpc) is 3.25. The van der Waals surface area contributed by atoms with Gasteiger partial charge in [0.05, 0.1) is 23.7 Å². The van der Waals surface area contributed by atoms with Gasteiger partial charge in [-0.2, -0.15) is 0 Å². The fraction of sp³-hybridized carbons (Fsp3) is 0.407. The Kier molecular flexibility index (Phi) is 7.98.